The van der Waals surface area contributed by atoms with Gasteiger partial charge in [-0.3, -0.25) is 9.59 Å². The van der Waals surface area contributed by atoms with Gasteiger partial charge in [0.2, 0.25) is 0 Å². The second kappa shape index (κ2) is 7.06. The van der Waals surface area contributed by atoms with Gasteiger partial charge in [0.1, 0.15) is 17.2 Å². The van der Waals surface area contributed by atoms with Gasteiger partial charge in [0, 0.05) is 7.05 Å². The highest BCUT2D eigenvalue weighted by Gasteiger charge is 2.18. The minimum absolute atomic E-state index is 0.138. The molecule has 0 bridgehead atoms. The average Bonchev–Trinajstić information content (AvgIpc) is 2.94. The lowest BCUT2D eigenvalue weighted by atomic mass is 10.2. The molecule has 6 nitrogen and oxygen atoms in total. The van der Waals surface area contributed by atoms with E-state index in [1.165, 1.54) is 27.8 Å². The first-order valence-corrected chi connectivity index (χ1v) is 8.71. The average molecular weight is 357 g/mol. The van der Waals surface area contributed by atoms with E-state index >= 15 is 0 Å². The molecular formula is C18H19N3O3S. The molecule has 0 saturated carbocycles. The molecule has 2 heterocycles. The number of carbonyl (C=O) groups excluding carboxylic acids is 1. The van der Waals surface area contributed by atoms with Crippen molar-refractivity contribution in [1.29, 1.82) is 0 Å². The van der Waals surface area contributed by atoms with Crippen molar-refractivity contribution < 1.29 is 9.53 Å². The summed E-state index contributed by atoms with van der Waals surface area (Å²) in [5, 5.41) is 3.34. The molecule has 0 aliphatic rings. The summed E-state index contributed by atoms with van der Waals surface area (Å²) in [6.07, 6.45) is 1.47. The number of rotatable bonds is 5. The number of aryl methyl sites for hydroxylation is 3. The fourth-order valence-corrected chi connectivity index (χ4v) is 3.53. The number of hydrogen-bond donors (Lipinski definition) is 1. The van der Waals surface area contributed by atoms with Crippen LogP contribution in [0.25, 0.3) is 10.2 Å². The van der Waals surface area contributed by atoms with E-state index in [1.54, 1.807) is 14.0 Å². The maximum absolute atomic E-state index is 12.4. The number of benzene rings is 1. The van der Waals surface area contributed by atoms with E-state index in [0.717, 1.165) is 5.75 Å². The van der Waals surface area contributed by atoms with Crippen molar-refractivity contribution in [3.8, 4) is 5.75 Å². The van der Waals surface area contributed by atoms with E-state index in [4.69, 9.17) is 4.74 Å². The summed E-state index contributed by atoms with van der Waals surface area (Å²) in [5.41, 5.74) is 1.70. The van der Waals surface area contributed by atoms with Crippen LogP contribution in [0.4, 0.5) is 0 Å². The monoisotopic (exact) mass is 357 g/mol. The van der Waals surface area contributed by atoms with Crippen LogP contribution in [0.3, 0.4) is 0 Å². The molecule has 7 heteroatoms. The van der Waals surface area contributed by atoms with Crippen LogP contribution in [0.1, 0.15) is 20.8 Å². The molecule has 0 aliphatic carbocycles. The number of thiophene rings is 1. The Morgan fingerprint density at radius 1 is 1.28 bits per heavy atom. The molecule has 3 aromatic rings. The van der Waals surface area contributed by atoms with Crippen LogP contribution in [0.5, 0.6) is 5.75 Å². The lowest BCUT2D eigenvalue weighted by molar-refractivity contribution is 0.0950. The van der Waals surface area contributed by atoms with Crippen molar-refractivity contribution in [2.75, 3.05) is 13.2 Å². The first kappa shape index (κ1) is 17.2. The molecule has 3 rings (SSSR count). The normalized spacial score (nSPS) is 10.8. The van der Waals surface area contributed by atoms with Crippen molar-refractivity contribution >= 4 is 27.5 Å². The number of fused-ring (bicyclic) bond motifs is 1. The molecule has 1 amide bonds. The number of amides is 1. The van der Waals surface area contributed by atoms with Crippen LogP contribution in [-0.2, 0) is 7.05 Å². The minimum atomic E-state index is -0.213. The van der Waals surface area contributed by atoms with Gasteiger partial charge in [-0.1, -0.05) is 17.7 Å². The van der Waals surface area contributed by atoms with Gasteiger partial charge < -0.3 is 14.6 Å². The fourth-order valence-electron chi connectivity index (χ4n) is 2.47. The number of nitrogens with zero attached hydrogens (tertiary/aromatic N) is 2. The smallest absolute Gasteiger partial charge is 0.262 e. The van der Waals surface area contributed by atoms with Crippen molar-refractivity contribution in [3.63, 3.8) is 0 Å². The molecule has 1 aromatic carbocycles. The summed E-state index contributed by atoms with van der Waals surface area (Å²) < 4.78 is 7.01. The highest BCUT2D eigenvalue weighted by atomic mass is 32.1. The molecule has 0 fully saturated rings. The lowest BCUT2D eigenvalue weighted by Gasteiger charge is -2.07. The van der Waals surface area contributed by atoms with Gasteiger partial charge >= 0.3 is 0 Å². The molecular weight excluding hydrogens is 338 g/mol. The number of aromatic nitrogens is 2. The van der Waals surface area contributed by atoms with E-state index in [-0.39, 0.29) is 11.5 Å². The highest BCUT2D eigenvalue weighted by Crippen LogP contribution is 2.26. The van der Waals surface area contributed by atoms with Crippen LogP contribution in [0.2, 0.25) is 0 Å². The summed E-state index contributed by atoms with van der Waals surface area (Å²) in [6, 6.07) is 7.74. The molecule has 0 saturated heterocycles. The molecule has 1 N–H and O–H groups in total. The van der Waals surface area contributed by atoms with Crippen molar-refractivity contribution in [2.24, 2.45) is 7.05 Å². The molecule has 130 valence electrons. The summed E-state index contributed by atoms with van der Waals surface area (Å²) in [6.45, 7) is 4.55. The number of carbonyl (C=O) groups is 1. The third kappa shape index (κ3) is 3.56. The maximum atomic E-state index is 12.4. The summed E-state index contributed by atoms with van der Waals surface area (Å²) in [7, 11) is 1.65. The highest BCUT2D eigenvalue weighted by molar-refractivity contribution is 7.20. The molecule has 0 spiro atoms. The quantitative estimate of drug-likeness (QED) is 0.712. The zero-order chi connectivity index (χ0) is 18.0. The van der Waals surface area contributed by atoms with Gasteiger partial charge in [0.05, 0.1) is 23.1 Å². The van der Waals surface area contributed by atoms with Gasteiger partial charge in [-0.2, -0.15) is 0 Å². The Morgan fingerprint density at radius 2 is 2.00 bits per heavy atom. The van der Waals surface area contributed by atoms with E-state index in [1.807, 2.05) is 31.2 Å². The van der Waals surface area contributed by atoms with E-state index in [9.17, 15) is 9.59 Å². The van der Waals surface area contributed by atoms with E-state index in [2.05, 4.69) is 10.3 Å². The molecule has 0 radical (unpaired) electrons. The van der Waals surface area contributed by atoms with Crippen molar-refractivity contribution in [2.45, 2.75) is 13.8 Å². The molecule has 0 atom stereocenters. The van der Waals surface area contributed by atoms with Crippen molar-refractivity contribution in [3.05, 3.63) is 57.0 Å². The Labute approximate surface area is 149 Å². The SMILES string of the molecule is Cc1ccc(OCCNC(=O)c2sc3ncn(C)c(=O)c3c2C)cc1. The van der Waals surface area contributed by atoms with Gasteiger partial charge in [0.25, 0.3) is 11.5 Å². The largest absolute Gasteiger partial charge is 0.492 e. The Bertz CT molecular complexity index is 974. The van der Waals surface area contributed by atoms with E-state index in [0.29, 0.717) is 33.8 Å². The zero-order valence-corrected chi connectivity index (χ0v) is 15.1. The second-order valence-corrected chi connectivity index (χ2v) is 6.81. The Balaban J connectivity index is 1.64. The number of hydrogen-bond acceptors (Lipinski definition) is 5. The third-order valence-corrected chi connectivity index (χ3v) is 5.09. The third-order valence-electron chi connectivity index (χ3n) is 3.89. The Hall–Kier alpha value is -2.67. The topological polar surface area (TPSA) is 73.2 Å². The van der Waals surface area contributed by atoms with Gasteiger partial charge in [-0.25, -0.2) is 4.98 Å². The Kier molecular flexibility index (Phi) is 4.85. The van der Waals surface area contributed by atoms with Gasteiger partial charge in [-0.05, 0) is 31.5 Å². The lowest BCUT2D eigenvalue weighted by Crippen LogP contribution is -2.28. The van der Waals surface area contributed by atoms with Crippen LogP contribution in [0.15, 0.2) is 35.4 Å². The summed E-state index contributed by atoms with van der Waals surface area (Å²) in [5.74, 6) is 0.556. The standard InChI is InChI=1S/C18H19N3O3S/c1-11-4-6-13(7-5-11)24-9-8-19-16(22)15-12(2)14-17(25-15)20-10-21(3)18(14)23/h4-7,10H,8-9H2,1-3H3,(H,19,22). The van der Waals surface area contributed by atoms with Gasteiger partial charge in [0.15, 0.2) is 0 Å². The molecule has 0 unspecified atom stereocenters. The van der Waals surface area contributed by atoms with Gasteiger partial charge in [-0.15, -0.1) is 11.3 Å². The minimum Gasteiger partial charge on any atom is -0.492 e. The van der Waals surface area contributed by atoms with Crippen LogP contribution < -0.4 is 15.6 Å². The van der Waals surface area contributed by atoms with Crippen LogP contribution >= 0.6 is 11.3 Å². The first-order valence-electron chi connectivity index (χ1n) is 7.90. The molecule has 25 heavy (non-hydrogen) atoms. The fraction of sp³-hybridized carbons (Fsp3) is 0.278. The summed E-state index contributed by atoms with van der Waals surface area (Å²) >= 11 is 1.23. The molecule has 0 aliphatic heterocycles. The predicted molar refractivity (Wildman–Crippen MR) is 98.6 cm³/mol. The second-order valence-electron chi connectivity index (χ2n) is 5.81. The van der Waals surface area contributed by atoms with Crippen LogP contribution in [0, 0.1) is 13.8 Å². The molecule has 2 aromatic heterocycles. The summed E-state index contributed by atoms with van der Waals surface area (Å²) in [4.78, 5) is 29.9. The Morgan fingerprint density at radius 3 is 2.72 bits per heavy atom. The predicted octanol–water partition coefficient (Wildman–Crippen LogP) is 2.42. The first-order chi connectivity index (χ1) is 12.0. The van der Waals surface area contributed by atoms with Crippen molar-refractivity contribution in [1.82, 2.24) is 14.9 Å². The number of nitrogens with one attached hydrogen (secondary N) is 1. The van der Waals surface area contributed by atoms with Crippen LogP contribution in [-0.4, -0.2) is 28.6 Å². The zero-order valence-electron chi connectivity index (χ0n) is 14.3. The number of ether oxygens (including phenoxy) is 1. The maximum Gasteiger partial charge on any atom is 0.262 e. The van der Waals surface area contributed by atoms with E-state index < -0.39 is 0 Å².